The van der Waals surface area contributed by atoms with Gasteiger partial charge in [0.1, 0.15) is 0 Å². The summed E-state index contributed by atoms with van der Waals surface area (Å²) in [7, 11) is 0.744. The van der Waals surface area contributed by atoms with Crippen molar-refractivity contribution in [1.82, 2.24) is 9.80 Å². The van der Waals surface area contributed by atoms with Gasteiger partial charge in [0.15, 0.2) is 9.84 Å². The Kier molecular flexibility index (Phi) is 7.09. The van der Waals surface area contributed by atoms with E-state index < -0.39 is 14.8 Å². The first-order chi connectivity index (χ1) is 12.7. The highest BCUT2D eigenvalue weighted by Gasteiger charge is 2.33. The molecule has 0 saturated carbocycles. The van der Waals surface area contributed by atoms with Crippen molar-refractivity contribution in [1.29, 1.82) is 0 Å². The number of para-hydroxylation sites is 1. The van der Waals surface area contributed by atoms with Crippen LogP contribution in [0.25, 0.3) is 6.08 Å². The Morgan fingerprint density at radius 2 is 2.00 bits per heavy atom. The summed E-state index contributed by atoms with van der Waals surface area (Å²) in [5.74, 6) is -0.266. The van der Waals surface area contributed by atoms with Crippen LogP contribution < -0.4 is 0 Å². The van der Waals surface area contributed by atoms with Crippen molar-refractivity contribution in [3.63, 3.8) is 0 Å². The van der Waals surface area contributed by atoms with Crippen LogP contribution >= 0.6 is 0 Å². The molecule has 1 aliphatic heterocycles. The number of nitrogens with zero attached hydrogens (tertiary/aromatic N) is 3. The zero-order valence-corrected chi connectivity index (χ0v) is 16.4. The van der Waals surface area contributed by atoms with E-state index in [0.717, 1.165) is 6.54 Å². The van der Waals surface area contributed by atoms with Crippen molar-refractivity contribution in [3.8, 4) is 0 Å². The number of hydrogen-bond donors (Lipinski definition) is 0. The predicted octanol–water partition coefficient (Wildman–Crippen LogP) is 1.58. The molecule has 1 aromatic carbocycles. The highest BCUT2D eigenvalue weighted by Crippen LogP contribution is 2.21. The summed E-state index contributed by atoms with van der Waals surface area (Å²) >= 11 is 0. The van der Waals surface area contributed by atoms with Crippen LogP contribution in [0.5, 0.6) is 0 Å². The molecule has 8 nitrogen and oxygen atoms in total. The minimum Gasteiger partial charge on any atom is -0.335 e. The molecule has 148 valence electrons. The Hall–Kier alpha value is -2.26. The molecule has 0 spiro atoms. The number of amides is 1. The lowest BCUT2D eigenvalue weighted by Gasteiger charge is -2.27. The highest BCUT2D eigenvalue weighted by molar-refractivity contribution is 7.91. The van der Waals surface area contributed by atoms with E-state index in [1.54, 1.807) is 23.1 Å². The van der Waals surface area contributed by atoms with Crippen LogP contribution in [0.4, 0.5) is 5.69 Å². The van der Waals surface area contributed by atoms with Gasteiger partial charge in [-0.1, -0.05) is 12.1 Å². The fourth-order valence-corrected chi connectivity index (χ4v) is 4.83. The fourth-order valence-electron chi connectivity index (χ4n) is 3.10. The van der Waals surface area contributed by atoms with Gasteiger partial charge in [0.05, 0.1) is 22.0 Å². The maximum atomic E-state index is 12.7. The molecule has 1 heterocycles. The summed E-state index contributed by atoms with van der Waals surface area (Å²) in [4.78, 5) is 26.9. The first kappa shape index (κ1) is 21.0. The largest absolute Gasteiger partial charge is 0.335 e. The second-order valence-electron chi connectivity index (χ2n) is 6.89. The lowest BCUT2D eigenvalue weighted by molar-refractivity contribution is -0.385. The molecular weight excluding hydrogens is 370 g/mol. The summed E-state index contributed by atoms with van der Waals surface area (Å²) in [6, 6.07) is 5.82. The first-order valence-corrected chi connectivity index (χ1v) is 10.6. The van der Waals surface area contributed by atoms with E-state index in [4.69, 9.17) is 0 Å². The maximum Gasteiger partial charge on any atom is 0.276 e. The molecule has 1 aliphatic rings. The van der Waals surface area contributed by atoms with E-state index in [1.165, 1.54) is 18.2 Å². The molecule has 0 radical (unpaired) electrons. The molecule has 1 saturated heterocycles. The van der Waals surface area contributed by atoms with Crippen molar-refractivity contribution >= 4 is 27.5 Å². The third-order valence-corrected chi connectivity index (χ3v) is 6.23. The Morgan fingerprint density at radius 1 is 1.30 bits per heavy atom. The third-order valence-electron chi connectivity index (χ3n) is 4.48. The number of nitro benzene ring substituents is 1. The van der Waals surface area contributed by atoms with E-state index in [-0.39, 0.29) is 29.1 Å². The number of hydrogen-bond acceptors (Lipinski definition) is 6. The molecule has 1 atom stereocenters. The molecule has 27 heavy (non-hydrogen) atoms. The Labute approximate surface area is 159 Å². The van der Waals surface area contributed by atoms with Crippen molar-refractivity contribution in [2.24, 2.45) is 0 Å². The van der Waals surface area contributed by atoms with Crippen LogP contribution in [0.15, 0.2) is 30.3 Å². The number of carbonyl (C=O) groups is 1. The van der Waals surface area contributed by atoms with E-state index in [2.05, 4.69) is 0 Å². The maximum absolute atomic E-state index is 12.7. The van der Waals surface area contributed by atoms with Crippen molar-refractivity contribution < 1.29 is 18.1 Å². The topological polar surface area (TPSA) is 101 Å². The van der Waals surface area contributed by atoms with Gasteiger partial charge in [-0.15, -0.1) is 0 Å². The van der Waals surface area contributed by atoms with Crippen molar-refractivity contribution in [2.45, 2.75) is 18.9 Å². The second kappa shape index (κ2) is 9.09. The van der Waals surface area contributed by atoms with Crippen LogP contribution in [0.2, 0.25) is 0 Å². The van der Waals surface area contributed by atoms with Crippen LogP contribution in [0.3, 0.4) is 0 Å². The minimum absolute atomic E-state index is 0.0277. The summed E-state index contributed by atoms with van der Waals surface area (Å²) in [6.45, 7) is 1.22. The number of rotatable bonds is 8. The van der Waals surface area contributed by atoms with E-state index >= 15 is 0 Å². The second-order valence-corrected chi connectivity index (χ2v) is 9.12. The standard InChI is InChI=1S/C18H25N3O5S/c1-19(2)11-5-12-20(16-10-13-27(25,26)14-16)18(22)9-8-15-6-3-4-7-17(15)21(23)24/h3-4,6-9,16H,5,10-14H2,1-2H3/b9-8+. The van der Waals surface area contributed by atoms with Crippen LogP contribution in [0, 0.1) is 10.1 Å². The van der Waals surface area contributed by atoms with E-state index in [0.29, 0.717) is 24.9 Å². The summed E-state index contributed by atoms with van der Waals surface area (Å²) in [5, 5.41) is 11.1. The molecule has 1 fully saturated rings. The van der Waals surface area contributed by atoms with Gasteiger partial charge in [0.2, 0.25) is 5.91 Å². The zero-order valence-electron chi connectivity index (χ0n) is 15.6. The molecular formula is C18H25N3O5S. The number of benzene rings is 1. The average molecular weight is 395 g/mol. The molecule has 9 heteroatoms. The smallest absolute Gasteiger partial charge is 0.276 e. The Bertz CT molecular complexity index is 820. The third kappa shape index (κ3) is 6.14. The lowest BCUT2D eigenvalue weighted by Crippen LogP contribution is -2.41. The predicted molar refractivity (Wildman–Crippen MR) is 104 cm³/mol. The van der Waals surface area contributed by atoms with E-state index in [1.807, 2.05) is 19.0 Å². The van der Waals surface area contributed by atoms with Crippen LogP contribution in [-0.2, 0) is 14.6 Å². The summed E-state index contributed by atoms with van der Waals surface area (Å²) < 4.78 is 23.6. The lowest BCUT2D eigenvalue weighted by atomic mass is 10.1. The van der Waals surface area contributed by atoms with Gasteiger partial charge in [-0.05, 0) is 45.6 Å². The monoisotopic (exact) mass is 395 g/mol. The van der Waals surface area contributed by atoms with Crippen molar-refractivity contribution in [3.05, 3.63) is 46.0 Å². The first-order valence-electron chi connectivity index (χ1n) is 8.77. The SMILES string of the molecule is CN(C)CCCN(C(=O)/C=C/c1ccccc1[N+](=O)[O-])C1CCS(=O)(=O)C1. The highest BCUT2D eigenvalue weighted by atomic mass is 32.2. The molecule has 0 aromatic heterocycles. The van der Waals surface area contributed by atoms with E-state index in [9.17, 15) is 23.3 Å². The number of carbonyl (C=O) groups excluding carboxylic acids is 1. The van der Waals surface area contributed by atoms with Gasteiger partial charge in [-0.3, -0.25) is 14.9 Å². The zero-order chi connectivity index (χ0) is 20.0. The van der Waals surface area contributed by atoms with Crippen molar-refractivity contribution in [2.75, 3.05) is 38.7 Å². The normalized spacial score (nSPS) is 18.9. The van der Waals surface area contributed by atoms with Gasteiger partial charge >= 0.3 is 0 Å². The van der Waals surface area contributed by atoms with Gasteiger partial charge in [0.25, 0.3) is 5.69 Å². The summed E-state index contributed by atoms with van der Waals surface area (Å²) in [6.07, 6.45) is 3.86. The fraction of sp³-hybridized carbons (Fsp3) is 0.500. The molecule has 1 unspecified atom stereocenters. The molecule has 0 aliphatic carbocycles. The molecule has 1 aromatic rings. The van der Waals surface area contributed by atoms with Gasteiger partial charge < -0.3 is 9.80 Å². The number of sulfone groups is 1. The molecule has 0 bridgehead atoms. The number of nitro groups is 1. The van der Waals surface area contributed by atoms with Crippen LogP contribution in [0.1, 0.15) is 18.4 Å². The summed E-state index contributed by atoms with van der Waals surface area (Å²) in [5.41, 5.74) is 0.257. The Morgan fingerprint density at radius 3 is 2.59 bits per heavy atom. The van der Waals surface area contributed by atoms with Gasteiger partial charge in [-0.2, -0.15) is 0 Å². The quantitative estimate of drug-likeness (QED) is 0.376. The molecule has 2 rings (SSSR count). The molecule has 0 N–H and O–H groups in total. The van der Waals surface area contributed by atoms with Gasteiger partial charge in [0, 0.05) is 24.7 Å². The minimum atomic E-state index is -3.12. The Balaban J connectivity index is 2.16. The molecule has 1 amide bonds. The van der Waals surface area contributed by atoms with Crippen LogP contribution in [-0.4, -0.2) is 73.8 Å². The van der Waals surface area contributed by atoms with Gasteiger partial charge in [-0.25, -0.2) is 8.42 Å². The average Bonchev–Trinajstić information content (AvgIpc) is 2.96.